The third-order valence-corrected chi connectivity index (χ3v) is 10.5. The van der Waals surface area contributed by atoms with Crippen molar-refractivity contribution >= 4 is 31.4 Å². The van der Waals surface area contributed by atoms with E-state index in [1.54, 1.807) is 30.4 Å². The average molecular weight is 683 g/mol. The van der Waals surface area contributed by atoms with Gasteiger partial charge in [-0.2, -0.15) is 0 Å². The van der Waals surface area contributed by atoms with Crippen LogP contribution in [0, 0.1) is 11.8 Å². The molecular weight excluding hydrogens is 630 g/mol. The van der Waals surface area contributed by atoms with Crippen molar-refractivity contribution in [3.63, 3.8) is 0 Å². The number of ketones is 1. The number of halogens is 1. The zero-order valence-corrected chi connectivity index (χ0v) is 30.1. The number of esters is 1. The number of alkyl halides is 1. The van der Waals surface area contributed by atoms with Crippen LogP contribution < -0.4 is 11.1 Å². The molecule has 268 valence electrons. The van der Waals surface area contributed by atoms with Gasteiger partial charge in [-0.3, -0.25) is 14.4 Å². The maximum atomic E-state index is 16.2. The number of Topliss-reactive ketones (excluding diaryl/α,β-unsaturated/α-hetero) is 1. The lowest BCUT2D eigenvalue weighted by molar-refractivity contribution is -0.179. The molecule has 2 aliphatic rings. The van der Waals surface area contributed by atoms with Gasteiger partial charge in [0.05, 0.1) is 25.7 Å². The molecule has 2 aliphatic heterocycles. The summed E-state index contributed by atoms with van der Waals surface area (Å²) in [6.45, 7) is 13.1. The van der Waals surface area contributed by atoms with Gasteiger partial charge >= 0.3 is 12.1 Å². The number of aryl methyl sites for hydroxylation is 1. The monoisotopic (exact) mass is 682 g/mol. The second-order valence-electron chi connectivity index (χ2n) is 14.4. The van der Waals surface area contributed by atoms with Gasteiger partial charge in [0.15, 0.2) is 11.4 Å². The Morgan fingerprint density at radius 2 is 1.84 bits per heavy atom. The quantitative estimate of drug-likeness (QED) is 0.134. The molecule has 1 amide bonds. The summed E-state index contributed by atoms with van der Waals surface area (Å²) in [5, 5.41) is 12.1. The molecule has 3 heterocycles. The smallest absolute Gasteiger partial charge is 0.410 e. The first kappa shape index (κ1) is 38.3. The lowest BCUT2D eigenvalue weighted by atomic mass is 9.62. The number of nitrogens with one attached hydrogen (secondary N) is 1. The molecule has 9 atom stereocenters. The van der Waals surface area contributed by atoms with Crippen molar-refractivity contribution < 1.29 is 33.0 Å². The first-order valence-electron chi connectivity index (χ1n) is 17.2. The Bertz CT molecular complexity index is 1490. The molecule has 2 fully saturated rings. The standard InChI is InChI=1S/C35H52BFN6O6/c1-9-27-35(7)29(43(32(46)49-35)16-11-10-15-42-20-26(40-41-42)24-13-12-14-25(38)17-24)23(4)39-19-21(2)18-33(5,47-8)28(36)22(3)30(44)34(6,37)31(45)48-27/h12-14,17,20-23,27-29,39H,9-11,15-16,18-19,38H2,1-8H3/t21-,22-,23-,27-,28-,29-,33-,34+,35-/m1/s1. The molecule has 0 spiro atoms. The van der Waals surface area contributed by atoms with Crippen LogP contribution in [0.2, 0.25) is 5.82 Å². The molecule has 12 nitrogen and oxygen atoms in total. The summed E-state index contributed by atoms with van der Waals surface area (Å²) in [6, 6.07) is 6.52. The molecule has 49 heavy (non-hydrogen) atoms. The van der Waals surface area contributed by atoms with Crippen molar-refractivity contribution in [2.45, 2.75) is 122 Å². The zero-order valence-electron chi connectivity index (χ0n) is 30.1. The van der Waals surface area contributed by atoms with Crippen molar-refractivity contribution in [3.05, 3.63) is 30.5 Å². The largest absolute Gasteiger partial charge is 0.455 e. The van der Waals surface area contributed by atoms with Gasteiger partial charge in [-0.15, -0.1) is 5.10 Å². The average Bonchev–Trinajstić information content (AvgIpc) is 3.64. The number of hydrogen-bond donors (Lipinski definition) is 2. The Kier molecular flexibility index (Phi) is 11.8. The number of nitrogens with two attached hydrogens (primary N) is 1. The van der Waals surface area contributed by atoms with Gasteiger partial charge in [0.1, 0.15) is 11.8 Å². The number of methoxy groups -OCH3 is 1. The van der Waals surface area contributed by atoms with Crippen molar-refractivity contribution in [1.29, 1.82) is 0 Å². The van der Waals surface area contributed by atoms with Crippen molar-refractivity contribution in [2.24, 2.45) is 11.8 Å². The molecule has 0 aliphatic carbocycles. The number of nitrogens with zero attached hydrogens (tertiary/aromatic N) is 4. The van der Waals surface area contributed by atoms with Gasteiger partial charge in [-0.1, -0.05) is 38.1 Å². The minimum Gasteiger partial charge on any atom is -0.455 e. The van der Waals surface area contributed by atoms with Crippen LogP contribution in [0.4, 0.5) is 14.9 Å². The number of unbranched alkanes of at least 4 members (excludes halogenated alkanes) is 1. The van der Waals surface area contributed by atoms with E-state index in [9.17, 15) is 14.4 Å². The number of hydrogen-bond acceptors (Lipinski definition) is 10. The van der Waals surface area contributed by atoms with Crippen LogP contribution in [0.25, 0.3) is 11.3 Å². The Hall–Kier alpha value is -3.52. The fourth-order valence-electron chi connectivity index (χ4n) is 7.46. The summed E-state index contributed by atoms with van der Waals surface area (Å²) in [7, 11) is 8.05. The van der Waals surface area contributed by atoms with Gasteiger partial charge in [0, 0.05) is 43.4 Å². The molecule has 1 aromatic heterocycles. The first-order chi connectivity index (χ1) is 23.0. The van der Waals surface area contributed by atoms with E-state index in [4.69, 9.17) is 27.8 Å². The van der Waals surface area contributed by atoms with Gasteiger partial charge in [-0.05, 0) is 83.8 Å². The molecule has 2 radical (unpaired) electrons. The highest BCUT2D eigenvalue weighted by Crippen LogP contribution is 2.41. The summed E-state index contributed by atoms with van der Waals surface area (Å²) in [5.74, 6) is -4.27. The maximum Gasteiger partial charge on any atom is 0.410 e. The molecule has 3 N–H and O–H groups in total. The number of anilines is 1. The van der Waals surface area contributed by atoms with Crippen LogP contribution in [-0.2, 0) is 30.3 Å². The summed E-state index contributed by atoms with van der Waals surface area (Å²) in [4.78, 5) is 42.1. The molecule has 1 aromatic carbocycles. The minimum atomic E-state index is -2.99. The Labute approximate surface area is 290 Å². The highest BCUT2D eigenvalue weighted by atomic mass is 19.1. The number of carbonyl (C=O) groups is 3. The Morgan fingerprint density at radius 1 is 1.14 bits per heavy atom. The van der Waals surface area contributed by atoms with E-state index in [1.807, 2.05) is 44.3 Å². The van der Waals surface area contributed by atoms with E-state index in [1.165, 1.54) is 14.0 Å². The minimum absolute atomic E-state index is 0.0140. The number of rotatable bonds is 8. The van der Waals surface area contributed by atoms with Crippen molar-refractivity contribution in [3.8, 4) is 11.3 Å². The molecule has 14 heteroatoms. The molecule has 0 saturated carbocycles. The van der Waals surface area contributed by atoms with E-state index in [2.05, 4.69) is 15.6 Å². The van der Waals surface area contributed by atoms with Crippen LogP contribution in [-0.4, -0.2) is 101 Å². The lowest BCUT2D eigenvalue weighted by Gasteiger charge is -2.41. The number of carbonyl (C=O) groups excluding carboxylic acids is 3. The second-order valence-corrected chi connectivity index (χ2v) is 14.4. The molecule has 0 unspecified atom stereocenters. The van der Waals surface area contributed by atoms with Gasteiger partial charge < -0.3 is 25.3 Å². The summed E-state index contributed by atoms with van der Waals surface area (Å²) >= 11 is 0. The highest BCUT2D eigenvalue weighted by Gasteiger charge is 2.59. The number of cyclic esters (lactones) is 1. The molecular formula is C35H52BFN6O6. The number of nitrogen functional groups attached to an aromatic ring is 1. The predicted molar refractivity (Wildman–Crippen MR) is 185 cm³/mol. The second kappa shape index (κ2) is 15.2. The number of fused-ring (bicyclic) bond motifs is 1. The predicted octanol–water partition coefficient (Wildman–Crippen LogP) is 4.52. The van der Waals surface area contributed by atoms with Crippen LogP contribution >= 0.6 is 0 Å². The molecule has 2 saturated heterocycles. The third kappa shape index (κ3) is 7.95. The highest BCUT2D eigenvalue weighted by molar-refractivity contribution is 6.17. The van der Waals surface area contributed by atoms with Crippen molar-refractivity contribution in [1.82, 2.24) is 25.2 Å². The van der Waals surface area contributed by atoms with Gasteiger partial charge in [0.25, 0.3) is 5.67 Å². The van der Waals surface area contributed by atoms with Crippen LogP contribution in [0.5, 0.6) is 0 Å². The van der Waals surface area contributed by atoms with Crippen LogP contribution in [0.3, 0.4) is 0 Å². The number of amides is 1. The number of benzene rings is 1. The summed E-state index contributed by atoms with van der Waals surface area (Å²) in [6.07, 6.45) is 2.24. The zero-order chi connectivity index (χ0) is 36.3. The van der Waals surface area contributed by atoms with Crippen molar-refractivity contribution in [2.75, 3.05) is 25.9 Å². The van der Waals surface area contributed by atoms with E-state index < -0.39 is 58.6 Å². The van der Waals surface area contributed by atoms with Gasteiger partial charge in [0.2, 0.25) is 0 Å². The summed E-state index contributed by atoms with van der Waals surface area (Å²) < 4.78 is 35.6. The maximum absolute atomic E-state index is 16.2. The lowest BCUT2D eigenvalue weighted by Crippen LogP contribution is -2.61. The Morgan fingerprint density at radius 3 is 2.49 bits per heavy atom. The van der Waals surface area contributed by atoms with Crippen LogP contribution in [0.1, 0.15) is 74.1 Å². The molecule has 2 aromatic rings. The van der Waals surface area contributed by atoms with E-state index >= 15 is 4.39 Å². The first-order valence-corrected chi connectivity index (χ1v) is 17.2. The molecule has 4 rings (SSSR count). The van der Waals surface area contributed by atoms with Crippen LogP contribution in [0.15, 0.2) is 30.5 Å². The third-order valence-electron chi connectivity index (χ3n) is 10.5. The topological polar surface area (TPSA) is 151 Å². The SMILES string of the molecule is [B][C@@H]1[C@@H](C)C(=O)[C@](C)(F)C(=O)O[C@H](CC)[C@@]2(C)OC(=O)N(CCCCn3cc(-c4cccc(N)c4)nn3)[C@@H]2[C@@H](C)NC[C@H](C)C[C@@]1(C)OC. The normalized spacial score (nSPS) is 34.9. The fourth-order valence-corrected chi connectivity index (χ4v) is 7.46. The van der Waals surface area contributed by atoms with E-state index in [0.29, 0.717) is 50.3 Å². The number of ether oxygens (including phenoxy) is 3. The number of aromatic nitrogens is 3. The molecule has 0 bridgehead atoms. The van der Waals surface area contributed by atoms with E-state index in [-0.39, 0.29) is 18.4 Å². The van der Waals surface area contributed by atoms with E-state index in [0.717, 1.165) is 12.5 Å². The van der Waals surface area contributed by atoms with Gasteiger partial charge in [-0.25, -0.2) is 14.0 Å². The Balaban J connectivity index is 1.57. The fraction of sp³-hybridized carbons (Fsp3) is 0.686. The summed E-state index contributed by atoms with van der Waals surface area (Å²) in [5.41, 5.74) is 2.82.